The monoisotopic (exact) mass is 303 g/mol. The molecule has 2 aliphatic rings. The van der Waals surface area contributed by atoms with Crippen LogP contribution in [0.15, 0.2) is 30.3 Å². The largest absolute Gasteiger partial charge is 0.481 e. The summed E-state index contributed by atoms with van der Waals surface area (Å²) in [6, 6.07) is 9.88. The maximum Gasteiger partial charge on any atom is 0.303 e. The summed E-state index contributed by atoms with van der Waals surface area (Å²) in [6.45, 7) is 2.85. The van der Waals surface area contributed by atoms with Crippen LogP contribution in [0.4, 0.5) is 0 Å². The van der Waals surface area contributed by atoms with E-state index >= 15 is 0 Å². The molecule has 1 aliphatic carbocycles. The number of carbonyl (C=O) groups is 1. The number of hydrogen-bond donors (Lipinski definition) is 2. The molecule has 1 heterocycles. The Morgan fingerprint density at radius 1 is 1.23 bits per heavy atom. The number of aliphatic hydroxyl groups excluding tert-OH is 1. The molecule has 3 rings (SSSR count). The summed E-state index contributed by atoms with van der Waals surface area (Å²) in [5.41, 5.74) is 1.04. The number of piperidine rings is 1. The van der Waals surface area contributed by atoms with Crippen LogP contribution >= 0.6 is 0 Å². The van der Waals surface area contributed by atoms with E-state index in [-0.39, 0.29) is 11.5 Å². The molecule has 1 saturated heterocycles. The fourth-order valence-corrected chi connectivity index (χ4v) is 3.71. The third kappa shape index (κ3) is 3.68. The summed E-state index contributed by atoms with van der Waals surface area (Å²) >= 11 is 0. The minimum atomic E-state index is -0.674. The first-order valence-electron chi connectivity index (χ1n) is 8.25. The van der Waals surface area contributed by atoms with Crippen molar-refractivity contribution in [2.75, 3.05) is 19.6 Å². The molecule has 1 aliphatic heterocycles. The lowest BCUT2D eigenvalue weighted by atomic mass is 9.87. The van der Waals surface area contributed by atoms with Crippen LogP contribution in [0, 0.1) is 11.3 Å². The Morgan fingerprint density at radius 2 is 1.86 bits per heavy atom. The van der Waals surface area contributed by atoms with E-state index in [9.17, 15) is 9.90 Å². The number of rotatable bonds is 6. The van der Waals surface area contributed by atoms with Crippen LogP contribution in [0.3, 0.4) is 0 Å². The molecule has 2 N–H and O–H groups in total. The summed E-state index contributed by atoms with van der Waals surface area (Å²) in [7, 11) is 0. The molecule has 1 aromatic carbocycles. The van der Waals surface area contributed by atoms with Crippen LogP contribution in [0.5, 0.6) is 0 Å². The first-order chi connectivity index (χ1) is 10.6. The lowest BCUT2D eigenvalue weighted by Gasteiger charge is -2.36. The second-order valence-corrected chi connectivity index (χ2v) is 7.04. The number of aliphatic carboxylic acids is 1. The molecule has 0 amide bonds. The minimum Gasteiger partial charge on any atom is -0.481 e. The summed E-state index contributed by atoms with van der Waals surface area (Å²) in [6.07, 6.45) is 3.99. The van der Waals surface area contributed by atoms with Crippen molar-refractivity contribution >= 4 is 5.97 Å². The fraction of sp³-hybridized carbons (Fsp3) is 0.611. The van der Waals surface area contributed by atoms with Crippen LogP contribution in [-0.4, -0.2) is 40.7 Å². The molecule has 2 fully saturated rings. The highest BCUT2D eigenvalue weighted by Crippen LogP contribution is 2.49. The van der Waals surface area contributed by atoms with Crippen LogP contribution in [0.25, 0.3) is 0 Å². The van der Waals surface area contributed by atoms with Crippen molar-refractivity contribution in [2.24, 2.45) is 11.3 Å². The molecule has 22 heavy (non-hydrogen) atoms. The number of nitrogens with zero attached hydrogens (tertiary/aromatic N) is 1. The minimum absolute atomic E-state index is 0.0384. The van der Waals surface area contributed by atoms with Gasteiger partial charge < -0.3 is 15.1 Å². The first kappa shape index (κ1) is 15.5. The number of benzene rings is 1. The Kier molecular flexibility index (Phi) is 4.50. The van der Waals surface area contributed by atoms with Gasteiger partial charge in [0.15, 0.2) is 0 Å². The zero-order valence-electron chi connectivity index (χ0n) is 12.9. The molecule has 120 valence electrons. The van der Waals surface area contributed by atoms with E-state index in [1.54, 1.807) is 0 Å². The molecule has 0 bridgehead atoms. The third-order valence-electron chi connectivity index (χ3n) is 5.26. The highest BCUT2D eigenvalue weighted by molar-refractivity contribution is 5.68. The van der Waals surface area contributed by atoms with Crippen molar-refractivity contribution in [2.45, 2.75) is 38.2 Å². The third-order valence-corrected chi connectivity index (χ3v) is 5.26. The van der Waals surface area contributed by atoms with Crippen molar-refractivity contribution in [1.29, 1.82) is 0 Å². The van der Waals surface area contributed by atoms with Gasteiger partial charge in [-0.05, 0) is 55.7 Å². The average molecular weight is 303 g/mol. The quantitative estimate of drug-likeness (QED) is 0.848. The van der Waals surface area contributed by atoms with E-state index in [4.69, 9.17) is 5.11 Å². The number of likely N-dealkylation sites (tertiary alicyclic amines) is 1. The maximum atomic E-state index is 10.9. The Hall–Kier alpha value is -1.39. The van der Waals surface area contributed by atoms with E-state index in [0.717, 1.165) is 50.9 Å². The molecular formula is C18H25NO3. The molecule has 4 heteroatoms. The van der Waals surface area contributed by atoms with Crippen LogP contribution in [0.2, 0.25) is 0 Å². The molecule has 4 nitrogen and oxygen atoms in total. The van der Waals surface area contributed by atoms with Gasteiger partial charge in [0.2, 0.25) is 0 Å². The molecule has 0 spiro atoms. The number of carboxylic acids is 1. The average Bonchev–Trinajstić information content (AvgIpc) is 3.26. The second kappa shape index (κ2) is 6.39. The number of aliphatic hydroxyl groups is 1. The molecule has 0 aromatic heterocycles. The molecule has 1 unspecified atom stereocenters. The van der Waals surface area contributed by atoms with Gasteiger partial charge in [-0.2, -0.15) is 0 Å². The lowest BCUT2D eigenvalue weighted by Crippen LogP contribution is -2.39. The van der Waals surface area contributed by atoms with Crippen LogP contribution in [0.1, 0.15) is 43.8 Å². The van der Waals surface area contributed by atoms with E-state index < -0.39 is 5.97 Å². The summed E-state index contributed by atoms with van der Waals surface area (Å²) in [4.78, 5) is 13.3. The molecule has 1 atom stereocenters. The molecule has 0 radical (unpaired) electrons. The Balaban J connectivity index is 1.49. The predicted molar refractivity (Wildman–Crippen MR) is 84.5 cm³/mol. The first-order valence-corrected chi connectivity index (χ1v) is 8.25. The van der Waals surface area contributed by atoms with Crippen molar-refractivity contribution in [3.8, 4) is 0 Å². The van der Waals surface area contributed by atoms with Gasteiger partial charge in [0, 0.05) is 6.54 Å². The summed E-state index contributed by atoms with van der Waals surface area (Å²) in [5.74, 6) is -0.361. The highest BCUT2D eigenvalue weighted by Gasteiger charge is 2.45. The Labute approximate surface area is 131 Å². The maximum absolute atomic E-state index is 10.9. The zero-order valence-corrected chi connectivity index (χ0v) is 12.9. The molecule has 1 aromatic rings. The van der Waals surface area contributed by atoms with Crippen molar-refractivity contribution < 1.29 is 15.0 Å². The van der Waals surface area contributed by atoms with Gasteiger partial charge in [0.1, 0.15) is 0 Å². The van der Waals surface area contributed by atoms with Crippen LogP contribution < -0.4 is 0 Å². The van der Waals surface area contributed by atoms with Gasteiger partial charge in [0.25, 0.3) is 0 Å². The van der Waals surface area contributed by atoms with E-state index in [1.165, 1.54) is 0 Å². The smallest absolute Gasteiger partial charge is 0.303 e. The van der Waals surface area contributed by atoms with Gasteiger partial charge in [-0.1, -0.05) is 30.3 Å². The molecular weight excluding hydrogens is 278 g/mol. The SMILES string of the molecule is O=C(O)CC1(CN2CCC(C(O)c3ccccc3)CC2)CC1. The Bertz CT molecular complexity index is 504. The van der Waals surface area contributed by atoms with E-state index in [1.807, 2.05) is 30.3 Å². The van der Waals surface area contributed by atoms with Crippen molar-refractivity contribution in [1.82, 2.24) is 4.90 Å². The summed E-state index contributed by atoms with van der Waals surface area (Å²) in [5, 5.41) is 19.5. The second-order valence-electron chi connectivity index (χ2n) is 7.04. The summed E-state index contributed by atoms with van der Waals surface area (Å²) < 4.78 is 0. The fourth-order valence-electron chi connectivity index (χ4n) is 3.71. The predicted octanol–water partition coefficient (Wildman–Crippen LogP) is 2.69. The molecule has 1 saturated carbocycles. The van der Waals surface area contributed by atoms with Gasteiger partial charge in [0.05, 0.1) is 12.5 Å². The van der Waals surface area contributed by atoms with E-state index in [0.29, 0.717) is 12.3 Å². The normalized spacial score (nSPS) is 23.1. The van der Waals surface area contributed by atoms with Gasteiger partial charge in [-0.3, -0.25) is 4.79 Å². The highest BCUT2D eigenvalue weighted by atomic mass is 16.4. The van der Waals surface area contributed by atoms with Gasteiger partial charge >= 0.3 is 5.97 Å². The van der Waals surface area contributed by atoms with E-state index in [2.05, 4.69) is 4.90 Å². The van der Waals surface area contributed by atoms with Gasteiger partial charge in [-0.15, -0.1) is 0 Å². The topological polar surface area (TPSA) is 60.8 Å². The van der Waals surface area contributed by atoms with Crippen molar-refractivity contribution in [3.63, 3.8) is 0 Å². The lowest BCUT2D eigenvalue weighted by molar-refractivity contribution is -0.138. The van der Waals surface area contributed by atoms with Crippen molar-refractivity contribution in [3.05, 3.63) is 35.9 Å². The number of carboxylic acid groups (broad SMARTS) is 1. The van der Waals surface area contributed by atoms with Crippen LogP contribution in [-0.2, 0) is 4.79 Å². The zero-order chi connectivity index (χ0) is 15.6. The van der Waals surface area contributed by atoms with Gasteiger partial charge in [-0.25, -0.2) is 0 Å². The Morgan fingerprint density at radius 3 is 2.41 bits per heavy atom. The standard InChI is InChI=1S/C18H25NO3/c20-16(21)12-18(8-9-18)13-19-10-6-15(7-11-19)17(22)14-4-2-1-3-5-14/h1-5,15,17,22H,6-13H2,(H,20,21). The number of hydrogen-bond acceptors (Lipinski definition) is 3.